The summed E-state index contributed by atoms with van der Waals surface area (Å²) in [6.45, 7) is 4.29. The molecule has 1 aromatic heterocycles. The van der Waals surface area contributed by atoms with E-state index < -0.39 is 11.4 Å². The summed E-state index contributed by atoms with van der Waals surface area (Å²) < 4.78 is 1.21. The topological polar surface area (TPSA) is 40.5 Å². The standard InChI is InChI=1S/C16H18ClNO2S/c1-16(15(19)20)6-8-18(9-7-16)10-13-14(17)11-4-2-3-5-12(11)21-13/h2-5H,6-10H2,1H3,(H,19,20). The third-order valence-corrected chi connectivity index (χ3v) is 6.14. The number of piperidine rings is 1. The zero-order chi connectivity index (χ0) is 15.0. The highest BCUT2D eigenvalue weighted by Crippen LogP contribution is 2.37. The number of aliphatic carboxylic acids is 1. The lowest BCUT2D eigenvalue weighted by Crippen LogP contribution is -2.42. The number of carbonyl (C=O) groups is 1. The van der Waals surface area contributed by atoms with Crippen LogP contribution in [0.5, 0.6) is 0 Å². The Morgan fingerprint density at radius 3 is 2.67 bits per heavy atom. The van der Waals surface area contributed by atoms with Crippen LogP contribution >= 0.6 is 22.9 Å². The Morgan fingerprint density at radius 1 is 1.38 bits per heavy atom. The number of thiophene rings is 1. The fraction of sp³-hybridized carbons (Fsp3) is 0.438. The quantitative estimate of drug-likeness (QED) is 0.918. The SMILES string of the molecule is CC1(C(=O)O)CCN(Cc2sc3ccccc3c2Cl)CC1. The summed E-state index contributed by atoms with van der Waals surface area (Å²) in [5, 5.41) is 11.2. The van der Waals surface area contributed by atoms with Crippen LogP contribution < -0.4 is 0 Å². The van der Waals surface area contributed by atoms with Gasteiger partial charge in [-0.05, 0) is 38.9 Å². The molecule has 5 heteroatoms. The zero-order valence-electron chi connectivity index (χ0n) is 11.9. The molecule has 1 aliphatic heterocycles. The summed E-state index contributed by atoms with van der Waals surface area (Å²) in [6.07, 6.45) is 1.40. The highest BCUT2D eigenvalue weighted by atomic mass is 35.5. The molecule has 0 bridgehead atoms. The number of nitrogens with zero attached hydrogens (tertiary/aromatic N) is 1. The molecule has 112 valence electrons. The molecular formula is C16H18ClNO2S. The number of carboxylic acids is 1. The monoisotopic (exact) mass is 323 g/mol. The van der Waals surface area contributed by atoms with Gasteiger partial charge in [-0.3, -0.25) is 9.69 Å². The summed E-state index contributed by atoms with van der Waals surface area (Å²) in [5.41, 5.74) is -0.569. The summed E-state index contributed by atoms with van der Waals surface area (Å²) in [5.74, 6) is -0.679. The molecule has 3 rings (SSSR count). The van der Waals surface area contributed by atoms with Crippen molar-refractivity contribution >= 4 is 39.0 Å². The molecule has 0 spiro atoms. The number of halogens is 1. The molecule has 1 aromatic carbocycles. The number of fused-ring (bicyclic) bond motifs is 1. The van der Waals surface area contributed by atoms with Gasteiger partial charge in [-0.15, -0.1) is 11.3 Å². The van der Waals surface area contributed by atoms with Crippen molar-refractivity contribution in [1.82, 2.24) is 4.90 Å². The number of likely N-dealkylation sites (tertiary alicyclic amines) is 1. The summed E-state index contributed by atoms with van der Waals surface area (Å²) in [6, 6.07) is 8.17. The van der Waals surface area contributed by atoms with Gasteiger partial charge < -0.3 is 5.11 Å². The Bertz CT molecular complexity index is 674. The summed E-state index contributed by atoms with van der Waals surface area (Å²) in [7, 11) is 0. The van der Waals surface area contributed by atoms with Gasteiger partial charge in [-0.25, -0.2) is 0 Å². The lowest BCUT2D eigenvalue weighted by atomic mass is 9.80. The molecule has 0 saturated carbocycles. The molecule has 2 aromatic rings. The highest BCUT2D eigenvalue weighted by Gasteiger charge is 2.36. The van der Waals surface area contributed by atoms with Crippen LogP contribution in [-0.4, -0.2) is 29.1 Å². The predicted molar refractivity (Wildman–Crippen MR) is 87.1 cm³/mol. The van der Waals surface area contributed by atoms with Crippen molar-refractivity contribution in [3.8, 4) is 0 Å². The first-order valence-corrected chi connectivity index (χ1v) is 8.31. The molecule has 0 atom stereocenters. The van der Waals surface area contributed by atoms with Gasteiger partial charge in [-0.2, -0.15) is 0 Å². The Balaban J connectivity index is 1.73. The Hall–Kier alpha value is -1.10. The van der Waals surface area contributed by atoms with Gasteiger partial charge in [0.15, 0.2) is 0 Å². The average molecular weight is 324 g/mol. The first-order chi connectivity index (χ1) is 9.99. The van der Waals surface area contributed by atoms with Crippen molar-refractivity contribution in [1.29, 1.82) is 0 Å². The van der Waals surface area contributed by atoms with Crippen LogP contribution in [0.15, 0.2) is 24.3 Å². The van der Waals surface area contributed by atoms with Gasteiger partial charge in [0.25, 0.3) is 0 Å². The molecule has 0 amide bonds. The van der Waals surface area contributed by atoms with Gasteiger partial charge in [-0.1, -0.05) is 29.8 Å². The van der Waals surface area contributed by atoms with E-state index in [0.717, 1.165) is 30.0 Å². The molecule has 0 radical (unpaired) electrons. The third-order valence-electron chi connectivity index (χ3n) is 4.44. The van der Waals surface area contributed by atoms with Crippen LogP contribution in [0.3, 0.4) is 0 Å². The minimum absolute atomic E-state index is 0.569. The lowest BCUT2D eigenvalue weighted by molar-refractivity contribution is -0.150. The maximum absolute atomic E-state index is 11.3. The van der Waals surface area contributed by atoms with E-state index in [9.17, 15) is 9.90 Å². The fourth-order valence-corrected chi connectivity index (χ4v) is 4.32. The summed E-state index contributed by atoms with van der Waals surface area (Å²) in [4.78, 5) is 14.8. The van der Waals surface area contributed by atoms with Crippen LogP contribution in [0.1, 0.15) is 24.6 Å². The minimum atomic E-state index is -0.679. The second-order valence-corrected chi connectivity index (χ2v) is 7.49. The van der Waals surface area contributed by atoms with E-state index in [1.807, 2.05) is 19.1 Å². The van der Waals surface area contributed by atoms with Crippen molar-refractivity contribution in [2.45, 2.75) is 26.3 Å². The molecule has 1 saturated heterocycles. The highest BCUT2D eigenvalue weighted by molar-refractivity contribution is 7.19. The van der Waals surface area contributed by atoms with Gasteiger partial charge >= 0.3 is 5.97 Å². The van der Waals surface area contributed by atoms with Crippen molar-refractivity contribution < 1.29 is 9.90 Å². The number of hydrogen-bond donors (Lipinski definition) is 1. The van der Waals surface area contributed by atoms with Gasteiger partial charge in [0.2, 0.25) is 0 Å². The predicted octanol–water partition coefficient (Wildman–Crippen LogP) is 4.24. The normalized spacial score (nSPS) is 19.0. The Labute approximate surface area is 133 Å². The van der Waals surface area contributed by atoms with E-state index in [4.69, 9.17) is 11.6 Å². The van der Waals surface area contributed by atoms with Crippen LogP contribution in [0, 0.1) is 5.41 Å². The summed E-state index contributed by atoms with van der Waals surface area (Å²) >= 11 is 8.21. The van der Waals surface area contributed by atoms with Gasteiger partial charge in [0, 0.05) is 21.5 Å². The van der Waals surface area contributed by atoms with Crippen LogP contribution in [0.2, 0.25) is 5.02 Å². The van der Waals surface area contributed by atoms with E-state index in [1.54, 1.807) is 11.3 Å². The van der Waals surface area contributed by atoms with E-state index in [-0.39, 0.29) is 0 Å². The molecule has 0 aliphatic carbocycles. The lowest BCUT2D eigenvalue weighted by Gasteiger charge is -2.36. The van der Waals surface area contributed by atoms with E-state index >= 15 is 0 Å². The van der Waals surface area contributed by atoms with Crippen LogP contribution in [-0.2, 0) is 11.3 Å². The van der Waals surface area contributed by atoms with Gasteiger partial charge in [0.05, 0.1) is 10.4 Å². The first kappa shape index (κ1) is 14.8. The van der Waals surface area contributed by atoms with Crippen LogP contribution in [0.4, 0.5) is 0 Å². The number of hydrogen-bond acceptors (Lipinski definition) is 3. The Kier molecular flexibility index (Phi) is 3.95. The third kappa shape index (κ3) is 2.80. The fourth-order valence-electron chi connectivity index (χ4n) is 2.79. The molecular weight excluding hydrogens is 306 g/mol. The second kappa shape index (κ2) is 5.59. The second-order valence-electron chi connectivity index (χ2n) is 5.98. The minimum Gasteiger partial charge on any atom is -0.481 e. The van der Waals surface area contributed by atoms with Crippen molar-refractivity contribution in [2.24, 2.45) is 5.41 Å². The van der Waals surface area contributed by atoms with Gasteiger partial charge in [0.1, 0.15) is 0 Å². The van der Waals surface area contributed by atoms with Crippen LogP contribution in [0.25, 0.3) is 10.1 Å². The van der Waals surface area contributed by atoms with Crippen molar-refractivity contribution in [2.75, 3.05) is 13.1 Å². The number of benzene rings is 1. The molecule has 1 aliphatic rings. The molecule has 2 heterocycles. The largest absolute Gasteiger partial charge is 0.481 e. The zero-order valence-corrected chi connectivity index (χ0v) is 13.5. The molecule has 0 unspecified atom stereocenters. The first-order valence-electron chi connectivity index (χ1n) is 7.11. The average Bonchev–Trinajstić information content (AvgIpc) is 2.78. The maximum Gasteiger partial charge on any atom is 0.309 e. The van der Waals surface area contributed by atoms with E-state index in [1.165, 1.54) is 9.58 Å². The molecule has 1 N–H and O–H groups in total. The maximum atomic E-state index is 11.3. The van der Waals surface area contributed by atoms with E-state index in [0.29, 0.717) is 12.8 Å². The molecule has 3 nitrogen and oxygen atoms in total. The van der Waals surface area contributed by atoms with E-state index in [2.05, 4.69) is 17.0 Å². The number of carboxylic acid groups (broad SMARTS) is 1. The molecule has 1 fully saturated rings. The molecule has 21 heavy (non-hydrogen) atoms. The number of rotatable bonds is 3. The Morgan fingerprint density at radius 2 is 2.05 bits per heavy atom. The van der Waals surface area contributed by atoms with Crippen molar-refractivity contribution in [3.63, 3.8) is 0 Å². The smallest absolute Gasteiger partial charge is 0.309 e. The van der Waals surface area contributed by atoms with Crippen molar-refractivity contribution in [3.05, 3.63) is 34.2 Å².